The molecule has 0 saturated carbocycles. The van der Waals surface area contributed by atoms with Crippen LogP contribution in [-0.4, -0.2) is 32.0 Å². The minimum Gasteiger partial charge on any atom is -0.466 e. The van der Waals surface area contributed by atoms with Crippen LogP contribution in [0, 0.1) is 10.1 Å². The van der Waals surface area contributed by atoms with Gasteiger partial charge >= 0.3 is 5.97 Å². The van der Waals surface area contributed by atoms with Crippen molar-refractivity contribution in [2.75, 3.05) is 6.61 Å². The topological polar surface area (TPSA) is 100 Å². The van der Waals surface area contributed by atoms with Crippen molar-refractivity contribution < 1.29 is 14.5 Å². The van der Waals surface area contributed by atoms with Crippen molar-refractivity contribution in [3.05, 3.63) is 58.7 Å². The fraction of sp³-hybridized carbons (Fsp3) is 0.188. The number of nitro groups is 1. The molecule has 8 heteroatoms. The number of aromatic nitrogens is 3. The number of hydrogen-bond acceptors (Lipinski definition) is 6. The number of benzene rings is 1. The zero-order valence-corrected chi connectivity index (χ0v) is 12.9. The number of hydrogen-bond donors (Lipinski definition) is 0. The lowest BCUT2D eigenvalue weighted by molar-refractivity contribution is -0.385. The number of ether oxygens (including phenoxy) is 1. The smallest absolute Gasteiger partial charge is 0.310 e. The molecule has 0 bridgehead atoms. The second-order valence-corrected chi connectivity index (χ2v) is 5.04. The van der Waals surface area contributed by atoms with Gasteiger partial charge in [0.25, 0.3) is 5.69 Å². The molecule has 0 radical (unpaired) electrons. The highest BCUT2D eigenvalue weighted by Crippen LogP contribution is 2.25. The normalized spacial score (nSPS) is 10.7. The second-order valence-electron chi connectivity index (χ2n) is 5.04. The molecule has 0 aliphatic rings. The van der Waals surface area contributed by atoms with Gasteiger partial charge in [-0.05, 0) is 25.1 Å². The van der Waals surface area contributed by atoms with E-state index in [9.17, 15) is 14.9 Å². The molecule has 0 amide bonds. The van der Waals surface area contributed by atoms with Crippen molar-refractivity contribution in [1.82, 2.24) is 14.5 Å². The molecule has 8 nitrogen and oxygen atoms in total. The molecule has 0 saturated heterocycles. The van der Waals surface area contributed by atoms with Crippen molar-refractivity contribution in [3.8, 4) is 5.69 Å². The monoisotopic (exact) mass is 326 g/mol. The number of carbonyl (C=O) groups excluding carboxylic acids is 1. The SMILES string of the molecule is CCOC(=O)Cc1cc(-n2ccc3cncnc32)ccc1[N+](=O)[O-]. The van der Waals surface area contributed by atoms with E-state index in [1.54, 1.807) is 36.0 Å². The third-order valence-electron chi connectivity index (χ3n) is 3.53. The summed E-state index contributed by atoms with van der Waals surface area (Å²) in [4.78, 5) is 30.6. The molecule has 0 atom stereocenters. The van der Waals surface area contributed by atoms with Crippen molar-refractivity contribution in [3.63, 3.8) is 0 Å². The first-order valence-electron chi connectivity index (χ1n) is 7.30. The van der Waals surface area contributed by atoms with Gasteiger partial charge in [0.05, 0.1) is 18.0 Å². The molecule has 2 heterocycles. The van der Waals surface area contributed by atoms with Gasteiger partial charge in [-0.25, -0.2) is 9.97 Å². The molecule has 3 rings (SSSR count). The fourth-order valence-electron chi connectivity index (χ4n) is 2.50. The van der Waals surface area contributed by atoms with Gasteiger partial charge in [0, 0.05) is 35.1 Å². The number of esters is 1. The first-order chi connectivity index (χ1) is 11.6. The zero-order valence-electron chi connectivity index (χ0n) is 12.9. The van der Waals surface area contributed by atoms with Crippen LogP contribution in [0.5, 0.6) is 0 Å². The Morgan fingerprint density at radius 2 is 2.21 bits per heavy atom. The van der Waals surface area contributed by atoms with Crippen molar-refractivity contribution in [1.29, 1.82) is 0 Å². The van der Waals surface area contributed by atoms with Gasteiger partial charge in [-0.1, -0.05) is 0 Å². The molecule has 2 aromatic heterocycles. The van der Waals surface area contributed by atoms with E-state index < -0.39 is 10.9 Å². The minimum atomic E-state index is -0.506. The Bertz CT molecular complexity index is 919. The number of fused-ring (bicyclic) bond motifs is 1. The van der Waals surface area contributed by atoms with Gasteiger partial charge in [-0.15, -0.1) is 0 Å². The maximum Gasteiger partial charge on any atom is 0.310 e. The minimum absolute atomic E-state index is 0.113. The molecule has 0 spiro atoms. The van der Waals surface area contributed by atoms with E-state index in [1.165, 1.54) is 12.4 Å². The third kappa shape index (κ3) is 2.94. The van der Waals surface area contributed by atoms with Crippen LogP contribution in [0.3, 0.4) is 0 Å². The molecule has 0 N–H and O–H groups in total. The molecule has 0 unspecified atom stereocenters. The van der Waals surface area contributed by atoms with Crippen LogP contribution in [0.1, 0.15) is 12.5 Å². The van der Waals surface area contributed by atoms with Gasteiger partial charge in [0.15, 0.2) is 0 Å². The summed E-state index contributed by atoms with van der Waals surface area (Å²) in [7, 11) is 0. The summed E-state index contributed by atoms with van der Waals surface area (Å²) in [5, 5.41) is 12.0. The lowest BCUT2D eigenvalue weighted by atomic mass is 10.1. The summed E-state index contributed by atoms with van der Waals surface area (Å²) in [6.45, 7) is 1.92. The largest absolute Gasteiger partial charge is 0.466 e. The van der Waals surface area contributed by atoms with E-state index >= 15 is 0 Å². The number of carbonyl (C=O) groups is 1. The molecule has 3 aromatic rings. The lowest BCUT2D eigenvalue weighted by Crippen LogP contribution is -2.10. The van der Waals surface area contributed by atoms with E-state index in [4.69, 9.17) is 4.74 Å². The summed E-state index contributed by atoms with van der Waals surface area (Å²) in [5.74, 6) is -0.502. The summed E-state index contributed by atoms with van der Waals surface area (Å²) in [6.07, 6.45) is 4.76. The van der Waals surface area contributed by atoms with E-state index in [2.05, 4.69) is 9.97 Å². The van der Waals surface area contributed by atoms with Crippen molar-refractivity contribution in [2.45, 2.75) is 13.3 Å². The summed E-state index contributed by atoms with van der Waals surface area (Å²) < 4.78 is 6.68. The predicted octanol–water partition coefficient (Wildman–Crippen LogP) is 2.43. The maximum absolute atomic E-state index is 11.7. The maximum atomic E-state index is 11.7. The fourth-order valence-corrected chi connectivity index (χ4v) is 2.50. The third-order valence-corrected chi connectivity index (χ3v) is 3.53. The standard InChI is InChI=1S/C16H14N4O4/c1-2-24-15(21)8-12-7-13(3-4-14(12)20(22)23)19-6-5-11-9-17-10-18-16(11)19/h3-7,9-10H,2,8H2,1H3. The van der Waals surface area contributed by atoms with Gasteiger partial charge in [-0.3, -0.25) is 14.9 Å². The summed E-state index contributed by atoms with van der Waals surface area (Å²) in [5.41, 5.74) is 1.54. The average molecular weight is 326 g/mol. The molecular formula is C16H14N4O4. The van der Waals surface area contributed by atoms with Crippen LogP contribution in [0.4, 0.5) is 5.69 Å². The summed E-state index contributed by atoms with van der Waals surface area (Å²) >= 11 is 0. The van der Waals surface area contributed by atoms with Gasteiger partial charge in [0.2, 0.25) is 0 Å². The summed E-state index contributed by atoms with van der Waals surface area (Å²) in [6, 6.07) is 6.46. The lowest BCUT2D eigenvalue weighted by Gasteiger charge is -2.08. The van der Waals surface area contributed by atoms with E-state index in [0.29, 0.717) is 16.9 Å². The van der Waals surface area contributed by atoms with E-state index in [-0.39, 0.29) is 18.7 Å². The molecule has 24 heavy (non-hydrogen) atoms. The Hall–Kier alpha value is -3.29. The predicted molar refractivity (Wildman–Crippen MR) is 85.9 cm³/mol. The zero-order chi connectivity index (χ0) is 17.1. The Morgan fingerprint density at radius 1 is 1.38 bits per heavy atom. The molecule has 1 aromatic carbocycles. The highest BCUT2D eigenvalue weighted by atomic mass is 16.6. The molecular weight excluding hydrogens is 312 g/mol. The number of rotatable bonds is 5. The molecule has 0 aliphatic heterocycles. The molecule has 0 aliphatic carbocycles. The Morgan fingerprint density at radius 3 is 2.96 bits per heavy atom. The van der Waals surface area contributed by atoms with Crippen LogP contribution in [0.15, 0.2) is 43.0 Å². The van der Waals surface area contributed by atoms with Crippen LogP contribution in [0.2, 0.25) is 0 Å². The van der Waals surface area contributed by atoms with Crippen molar-refractivity contribution in [2.24, 2.45) is 0 Å². The Labute approximate surface area is 136 Å². The first kappa shape index (κ1) is 15.6. The number of nitrogens with zero attached hydrogens (tertiary/aromatic N) is 4. The van der Waals surface area contributed by atoms with E-state index in [1.807, 2.05) is 6.07 Å². The van der Waals surface area contributed by atoms with Crippen LogP contribution >= 0.6 is 0 Å². The molecule has 122 valence electrons. The van der Waals surface area contributed by atoms with Crippen LogP contribution in [0.25, 0.3) is 16.7 Å². The highest BCUT2D eigenvalue weighted by molar-refractivity contribution is 5.78. The Kier molecular flexibility index (Phi) is 4.19. The van der Waals surface area contributed by atoms with Crippen molar-refractivity contribution >= 4 is 22.7 Å². The van der Waals surface area contributed by atoms with Crippen LogP contribution in [-0.2, 0) is 16.0 Å². The van der Waals surface area contributed by atoms with Gasteiger partial charge in [-0.2, -0.15) is 0 Å². The Balaban J connectivity index is 2.06. The van der Waals surface area contributed by atoms with Gasteiger partial charge < -0.3 is 9.30 Å². The van der Waals surface area contributed by atoms with E-state index in [0.717, 1.165) is 5.39 Å². The highest BCUT2D eigenvalue weighted by Gasteiger charge is 2.18. The first-order valence-corrected chi connectivity index (χ1v) is 7.30. The number of nitro benzene ring substituents is 1. The molecule has 0 fully saturated rings. The van der Waals surface area contributed by atoms with Gasteiger partial charge in [0.1, 0.15) is 12.0 Å². The second kappa shape index (κ2) is 6.45. The van der Waals surface area contributed by atoms with Crippen LogP contribution < -0.4 is 0 Å². The quantitative estimate of drug-likeness (QED) is 0.405. The average Bonchev–Trinajstić information content (AvgIpc) is 2.98.